The van der Waals surface area contributed by atoms with Crippen molar-refractivity contribution < 1.29 is 14.7 Å². The average Bonchev–Trinajstić information content (AvgIpc) is 3.14. The molecule has 1 atom stereocenters. The van der Waals surface area contributed by atoms with Gasteiger partial charge in [0.15, 0.2) is 0 Å². The number of hydrogen-bond donors (Lipinski definition) is 2. The molecule has 1 heterocycles. The maximum absolute atomic E-state index is 13.2. The van der Waals surface area contributed by atoms with E-state index in [0.29, 0.717) is 10.6 Å². The van der Waals surface area contributed by atoms with Gasteiger partial charge >= 0.3 is 5.97 Å². The summed E-state index contributed by atoms with van der Waals surface area (Å²) in [6.45, 7) is 2.06. The van der Waals surface area contributed by atoms with Crippen LogP contribution in [0.1, 0.15) is 54.6 Å². The monoisotopic (exact) mass is 563 g/mol. The van der Waals surface area contributed by atoms with E-state index in [1.165, 1.54) is 0 Å². The maximum atomic E-state index is 13.2. The van der Waals surface area contributed by atoms with Gasteiger partial charge in [-0.3, -0.25) is 14.3 Å². The smallest absolute Gasteiger partial charge is 0.306 e. The van der Waals surface area contributed by atoms with Gasteiger partial charge in [-0.1, -0.05) is 23.7 Å². The van der Waals surface area contributed by atoms with Crippen LogP contribution in [0, 0.1) is 14.9 Å². The van der Waals surface area contributed by atoms with Crippen LogP contribution in [0.5, 0.6) is 0 Å². The second kappa shape index (κ2) is 8.02. The number of benzene rings is 2. The molecule has 1 aromatic heterocycles. The fourth-order valence-electron chi connectivity index (χ4n) is 5.33. The van der Waals surface area contributed by atoms with Crippen molar-refractivity contribution in [2.45, 2.75) is 44.7 Å². The molecule has 0 saturated heterocycles. The summed E-state index contributed by atoms with van der Waals surface area (Å²) in [5.74, 6) is -1.07. The lowest BCUT2D eigenvalue weighted by Crippen LogP contribution is -2.57. The summed E-state index contributed by atoms with van der Waals surface area (Å²) in [7, 11) is 0. The zero-order valence-corrected chi connectivity index (χ0v) is 20.4. The van der Waals surface area contributed by atoms with Crippen molar-refractivity contribution in [2.24, 2.45) is 11.3 Å². The Bertz CT molecular complexity index is 1210. The Hall–Kier alpha value is -2.13. The first-order chi connectivity index (χ1) is 15.3. The van der Waals surface area contributed by atoms with E-state index >= 15 is 0 Å². The van der Waals surface area contributed by atoms with Crippen LogP contribution in [0.25, 0.3) is 10.9 Å². The van der Waals surface area contributed by atoms with Gasteiger partial charge in [0.25, 0.3) is 5.91 Å². The highest BCUT2D eigenvalue weighted by molar-refractivity contribution is 14.1. The first-order valence-electron chi connectivity index (χ1n) is 10.7. The van der Waals surface area contributed by atoms with E-state index in [4.69, 9.17) is 16.7 Å². The molecule has 5 rings (SSSR count). The van der Waals surface area contributed by atoms with Gasteiger partial charge in [-0.2, -0.15) is 5.10 Å². The van der Waals surface area contributed by atoms with Gasteiger partial charge in [0.05, 0.1) is 34.3 Å². The Morgan fingerprint density at radius 1 is 1.19 bits per heavy atom. The van der Waals surface area contributed by atoms with Crippen molar-refractivity contribution >= 4 is 57.0 Å². The molecule has 1 spiro atoms. The van der Waals surface area contributed by atoms with E-state index in [0.717, 1.165) is 45.7 Å². The van der Waals surface area contributed by atoms with Crippen LogP contribution in [0.3, 0.4) is 0 Å². The van der Waals surface area contributed by atoms with Crippen molar-refractivity contribution in [2.75, 3.05) is 0 Å². The van der Waals surface area contributed by atoms with Crippen molar-refractivity contribution in [1.29, 1.82) is 0 Å². The quantitative estimate of drug-likeness (QED) is 0.414. The number of nitrogens with zero attached hydrogens (tertiary/aromatic N) is 2. The van der Waals surface area contributed by atoms with E-state index < -0.39 is 5.97 Å². The summed E-state index contributed by atoms with van der Waals surface area (Å²) in [6.07, 6.45) is 4.85. The van der Waals surface area contributed by atoms with Gasteiger partial charge in [0, 0.05) is 15.0 Å². The van der Waals surface area contributed by atoms with Crippen molar-refractivity contribution in [3.05, 3.63) is 62.3 Å². The fraction of sp³-hybridized carbons (Fsp3) is 0.375. The Morgan fingerprint density at radius 3 is 2.53 bits per heavy atom. The summed E-state index contributed by atoms with van der Waals surface area (Å²) in [6, 6.07) is 11.8. The van der Waals surface area contributed by atoms with Crippen LogP contribution in [0.15, 0.2) is 42.6 Å². The molecule has 6 nitrogen and oxygen atoms in total. The molecule has 3 aromatic rings. The van der Waals surface area contributed by atoms with Crippen LogP contribution in [-0.2, 0) is 4.79 Å². The molecule has 2 N–H and O–H groups in total. The van der Waals surface area contributed by atoms with Crippen LogP contribution in [0.2, 0.25) is 5.02 Å². The summed E-state index contributed by atoms with van der Waals surface area (Å²) >= 11 is 8.71. The first kappa shape index (κ1) is 21.7. The topological polar surface area (TPSA) is 84.2 Å². The number of aromatic nitrogens is 2. The lowest BCUT2D eigenvalue weighted by atomic mass is 9.50. The normalized spacial score (nSPS) is 25.2. The van der Waals surface area contributed by atoms with Gasteiger partial charge in [-0.25, -0.2) is 0 Å². The molecule has 1 unspecified atom stereocenters. The molecule has 32 heavy (non-hydrogen) atoms. The molecule has 2 fully saturated rings. The number of fused-ring (bicyclic) bond motifs is 1. The lowest BCUT2D eigenvalue weighted by molar-refractivity contribution is -0.155. The number of nitrogens with one attached hydrogen (secondary N) is 1. The molecule has 0 radical (unpaired) electrons. The highest BCUT2D eigenvalue weighted by atomic mass is 127. The van der Waals surface area contributed by atoms with Gasteiger partial charge in [-0.15, -0.1) is 0 Å². The van der Waals surface area contributed by atoms with Gasteiger partial charge in [0.1, 0.15) is 0 Å². The number of rotatable bonds is 5. The highest BCUT2D eigenvalue weighted by Gasteiger charge is 2.55. The zero-order valence-electron chi connectivity index (χ0n) is 17.5. The molecular weight excluding hydrogens is 541 g/mol. The fourth-order valence-corrected chi connectivity index (χ4v) is 5.90. The second-order valence-corrected chi connectivity index (χ2v) is 10.8. The molecule has 2 aliphatic carbocycles. The molecular formula is C24H23ClIN3O3. The summed E-state index contributed by atoms with van der Waals surface area (Å²) in [4.78, 5) is 24.3. The van der Waals surface area contributed by atoms with Crippen molar-refractivity contribution in [1.82, 2.24) is 15.1 Å². The zero-order chi connectivity index (χ0) is 22.6. The van der Waals surface area contributed by atoms with E-state index in [1.54, 1.807) is 18.3 Å². The maximum Gasteiger partial charge on any atom is 0.306 e. The summed E-state index contributed by atoms with van der Waals surface area (Å²) < 4.78 is 3.02. The highest BCUT2D eigenvalue weighted by Crippen LogP contribution is 2.58. The van der Waals surface area contributed by atoms with Crippen molar-refractivity contribution in [3.63, 3.8) is 0 Å². The third-order valence-corrected chi connectivity index (χ3v) is 8.12. The van der Waals surface area contributed by atoms with Crippen molar-refractivity contribution in [3.8, 4) is 0 Å². The third kappa shape index (κ3) is 3.69. The van der Waals surface area contributed by atoms with E-state index in [-0.39, 0.29) is 29.3 Å². The lowest BCUT2D eigenvalue weighted by Gasteiger charge is -2.56. The number of halogens is 2. The number of carbonyl (C=O) groups excluding carboxylic acids is 1. The number of carbonyl (C=O) groups is 2. The molecule has 2 aliphatic rings. The average molecular weight is 564 g/mol. The third-order valence-electron chi connectivity index (χ3n) is 7.07. The van der Waals surface area contributed by atoms with Crippen LogP contribution >= 0.6 is 34.2 Å². The standard InChI is InChI=1S/C24H23ClIN3O3/c1-13(14-2-4-16(26)5-3-14)29-21-18(6-7-20(25)19(21)12-27-29)22(30)28-17-10-24(11-17)8-15(9-24)23(31)32/h2-7,12-13,15,17H,8-11H2,1H3,(H,28,30)(H,31,32). The number of carboxylic acids is 1. The Morgan fingerprint density at radius 2 is 1.88 bits per heavy atom. The Labute approximate surface area is 204 Å². The van der Waals surface area contributed by atoms with Crippen LogP contribution < -0.4 is 5.32 Å². The number of carboxylic acid groups (broad SMARTS) is 1. The minimum Gasteiger partial charge on any atom is -0.481 e. The number of amides is 1. The second-order valence-electron chi connectivity index (χ2n) is 9.20. The SMILES string of the molecule is CC(c1ccc(I)cc1)n1ncc2c(Cl)ccc(C(=O)NC3CC4(C3)CC(C(=O)O)C4)c21. The molecule has 1 amide bonds. The van der Waals surface area contributed by atoms with Gasteiger partial charge < -0.3 is 10.4 Å². The Kier molecular flexibility index (Phi) is 5.44. The van der Waals surface area contributed by atoms with E-state index in [9.17, 15) is 9.59 Å². The largest absolute Gasteiger partial charge is 0.481 e. The molecule has 0 aliphatic heterocycles. The molecule has 2 aromatic carbocycles. The summed E-state index contributed by atoms with van der Waals surface area (Å²) in [5.41, 5.74) is 2.49. The van der Waals surface area contributed by atoms with Crippen LogP contribution in [0.4, 0.5) is 0 Å². The minimum absolute atomic E-state index is 0.0654. The predicted molar refractivity (Wildman–Crippen MR) is 131 cm³/mol. The Balaban J connectivity index is 1.38. The van der Waals surface area contributed by atoms with Crippen LogP contribution in [-0.4, -0.2) is 32.8 Å². The summed E-state index contributed by atoms with van der Waals surface area (Å²) in [5, 5.41) is 18.2. The number of hydrogen-bond acceptors (Lipinski definition) is 3. The minimum atomic E-state index is -0.706. The molecule has 0 bridgehead atoms. The van der Waals surface area contributed by atoms with Gasteiger partial charge in [0.2, 0.25) is 0 Å². The molecule has 166 valence electrons. The number of aliphatic carboxylic acids is 1. The van der Waals surface area contributed by atoms with E-state index in [2.05, 4.69) is 64.2 Å². The van der Waals surface area contributed by atoms with E-state index in [1.807, 2.05) is 4.68 Å². The molecule has 2 saturated carbocycles. The van der Waals surface area contributed by atoms with Gasteiger partial charge in [-0.05, 0) is 90.4 Å². The first-order valence-corrected chi connectivity index (χ1v) is 12.2. The molecule has 8 heteroatoms. The predicted octanol–water partition coefficient (Wildman–Crippen LogP) is 5.28.